The number of morpholine rings is 1. The molecule has 0 unspecified atom stereocenters. The molecule has 0 amide bonds. The summed E-state index contributed by atoms with van der Waals surface area (Å²) in [6, 6.07) is 11.0. The number of rotatable bonds is 5. The van der Waals surface area contributed by atoms with Crippen LogP contribution in [-0.2, 0) is 17.5 Å². The van der Waals surface area contributed by atoms with E-state index in [2.05, 4.69) is 20.5 Å². The van der Waals surface area contributed by atoms with E-state index >= 15 is 0 Å². The molecular weight excluding hydrogens is 481 g/mol. The smallest absolute Gasteiger partial charge is 0.380 e. The summed E-state index contributed by atoms with van der Waals surface area (Å²) in [4.78, 5) is 13.4. The summed E-state index contributed by atoms with van der Waals surface area (Å²) in [7, 11) is 0. The van der Waals surface area contributed by atoms with E-state index in [0.29, 0.717) is 48.5 Å². The number of ether oxygens (including phenoxy) is 1. The van der Waals surface area contributed by atoms with Gasteiger partial charge in [-0.1, -0.05) is 11.6 Å². The van der Waals surface area contributed by atoms with Gasteiger partial charge in [0.25, 0.3) is 0 Å². The summed E-state index contributed by atoms with van der Waals surface area (Å²) < 4.78 is 45.0. The third-order valence-corrected chi connectivity index (χ3v) is 6.33. The molecule has 2 aliphatic heterocycles. The van der Waals surface area contributed by atoms with Gasteiger partial charge in [0, 0.05) is 37.7 Å². The van der Waals surface area contributed by atoms with Crippen molar-refractivity contribution in [1.82, 2.24) is 9.97 Å². The second-order valence-electron chi connectivity index (χ2n) is 8.35. The molecule has 2 aromatic heterocycles. The van der Waals surface area contributed by atoms with Gasteiger partial charge in [0.15, 0.2) is 5.82 Å². The largest absolute Gasteiger partial charge is 0.416 e. The van der Waals surface area contributed by atoms with E-state index in [9.17, 15) is 13.2 Å². The maximum Gasteiger partial charge on any atom is 0.416 e. The number of halogens is 4. The summed E-state index contributed by atoms with van der Waals surface area (Å²) in [5, 5.41) is 6.84. The maximum atomic E-state index is 13.2. The lowest BCUT2D eigenvalue weighted by molar-refractivity contribution is -0.137. The van der Waals surface area contributed by atoms with Crippen LogP contribution < -0.4 is 20.4 Å². The van der Waals surface area contributed by atoms with Gasteiger partial charge in [-0.3, -0.25) is 0 Å². The minimum Gasteiger partial charge on any atom is -0.380 e. The number of anilines is 5. The lowest BCUT2D eigenvalue weighted by atomic mass is 10.1. The Kier molecular flexibility index (Phi) is 6.57. The first-order valence-electron chi connectivity index (χ1n) is 11.3. The summed E-state index contributed by atoms with van der Waals surface area (Å²) in [6.45, 7) is 4.43. The van der Waals surface area contributed by atoms with E-state index in [1.54, 1.807) is 6.20 Å². The quantitative estimate of drug-likeness (QED) is 0.497. The van der Waals surface area contributed by atoms with Gasteiger partial charge in [0.05, 0.1) is 36.3 Å². The molecule has 0 saturated carbocycles. The molecule has 11 heteroatoms. The highest BCUT2D eigenvalue weighted by atomic mass is 35.5. The number of nitrogens with one attached hydrogen (secondary N) is 2. The normalized spacial score (nSPS) is 16.0. The zero-order valence-corrected chi connectivity index (χ0v) is 19.5. The Labute approximate surface area is 205 Å². The van der Waals surface area contributed by atoms with Gasteiger partial charge in [-0.25, -0.2) is 9.97 Å². The zero-order valence-electron chi connectivity index (χ0n) is 18.8. The number of benzene rings is 1. The minimum absolute atomic E-state index is 0.212. The molecule has 0 spiro atoms. The van der Waals surface area contributed by atoms with Crippen LogP contribution in [0, 0.1) is 0 Å². The van der Waals surface area contributed by atoms with Crippen LogP contribution in [0.2, 0.25) is 5.02 Å². The van der Waals surface area contributed by atoms with Crippen molar-refractivity contribution in [3.05, 3.63) is 64.8 Å². The third kappa shape index (κ3) is 5.38. The molecule has 2 N–H and O–H groups in total. The molecule has 35 heavy (non-hydrogen) atoms. The van der Waals surface area contributed by atoms with Crippen LogP contribution in [0.5, 0.6) is 0 Å². The van der Waals surface area contributed by atoms with E-state index in [-0.39, 0.29) is 6.54 Å². The average Bonchev–Trinajstić information content (AvgIpc) is 2.86. The molecule has 1 fully saturated rings. The van der Waals surface area contributed by atoms with Crippen molar-refractivity contribution in [2.75, 3.05) is 59.8 Å². The first-order chi connectivity index (χ1) is 16.9. The van der Waals surface area contributed by atoms with E-state index in [0.717, 1.165) is 42.4 Å². The van der Waals surface area contributed by atoms with E-state index in [1.807, 2.05) is 29.2 Å². The number of nitrogens with zero attached hydrogens (tertiary/aromatic N) is 4. The summed E-state index contributed by atoms with van der Waals surface area (Å²) in [5.41, 5.74) is 1.28. The minimum atomic E-state index is -4.43. The van der Waals surface area contributed by atoms with Gasteiger partial charge in [0.2, 0.25) is 0 Å². The van der Waals surface area contributed by atoms with Gasteiger partial charge in [-0.15, -0.1) is 0 Å². The van der Waals surface area contributed by atoms with Crippen molar-refractivity contribution in [2.45, 2.75) is 12.7 Å². The van der Waals surface area contributed by atoms with Gasteiger partial charge >= 0.3 is 6.18 Å². The second kappa shape index (κ2) is 9.79. The summed E-state index contributed by atoms with van der Waals surface area (Å²) in [6.07, 6.45) is -2.67. The molecule has 0 bridgehead atoms. The van der Waals surface area contributed by atoms with Crippen molar-refractivity contribution < 1.29 is 17.9 Å². The highest BCUT2D eigenvalue weighted by Crippen LogP contribution is 2.35. The van der Waals surface area contributed by atoms with Crippen molar-refractivity contribution in [1.29, 1.82) is 0 Å². The van der Waals surface area contributed by atoms with Crippen LogP contribution in [0.15, 0.2) is 48.7 Å². The molecule has 5 rings (SSSR count). The van der Waals surface area contributed by atoms with Crippen molar-refractivity contribution in [3.63, 3.8) is 0 Å². The standard InChI is InChI=1S/C24H24ClF3N6O/c25-19-3-1-17(24(26,27)28)13-16(19)15-34-8-7-29-20-4-5-21(32-23(20)34)31-18-2-6-22(30-14-18)33-9-11-35-12-10-33/h1-6,13-14,29H,7-12,15H2,(H,31,32). The molecule has 1 aromatic carbocycles. The third-order valence-electron chi connectivity index (χ3n) is 5.96. The van der Waals surface area contributed by atoms with Crippen molar-refractivity contribution >= 4 is 40.4 Å². The first kappa shape index (κ1) is 23.5. The van der Waals surface area contributed by atoms with Gasteiger partial charge < -0.3 is 25.2 Å². The Morgan fingerprint density at radius 1 is 1.06 bits per heavy atom. The topological polar surface area (TPSA) is 65.5 Å². The number of alkyl halides is 3. The lowest BCUT2D eigenvalue weighted by Gasteiger charge is -2.31. The molecular formula is C24H24ClF3N6O. The fourth-order valence-corrected chi connectivity index (χ4v) is 4.32. The Balaban J connectivity index is 1.34. The van der Waals surface area contributed by atoms with Crippen LogP contribution >= 0.6 is 11.6 Å². The Morgan fingerprint density at radius 2 is 1.89 bits per heavy atom. The van der Waals surface area contributed by atoms with E-state index in [1.165, 1.54) is 6.07 Å². The van der Waals surface area contributed by atoms with Crippen molar-refractivity contribution in [3.8, 4) is 0 Å². The Bertz CT molecular complexity index is 1180. The van der Waals surface area contributed by atoms with Gasteiger partial charge in [-0.05, 0) is 48.0 Å². The predicted molar refractivity (Wildman–Crippen MR) is 131 cm³/mol. The van der Waals surface area contributed by atoms with Crippen LogP contribution in [0.4, 0.5) is 42.0 Å². The maximum absolute atomic E-state index is 13.2. The number of hydrogen-bond donors (Lipinski definition) is 2. The molecule has 184 valence electrons. The monoisotopic (exact) mass is 504 g/mol. The van der Waals surface area contributed by atoms with E-state index in [4.69, 9.17) is 21.3 Å². The second-order valence-corrected chi connectivity index (χ2v) is 8.76. The van der Waals surface area contributed by atoms with Crippen LogP contribution in [0.3, 0.4) is 0 Å². The summed E-state index contributed by atoms with van der Waals surface area (Å²) >= 11 is 6.24. The molecule has 1 saturated heterocycles. The zero-order chi connectivity index (χ0) is 24.4. The fraction of sp³-hybridized carbons (Fsp3) is 0.333. The molecule has 2 aliphatic rings. The number of pyridine rings is 2. The Hall–Kier alpha value is -3.24. The van der Waals surface area contributed by atoms with Crippen LogP contribution in [-0.4, -0.2) is 49.4 Å². The fourth-order valence-electron chi connectivity index (χ4n) is 4.15. The molecule has 0 aliphatic carbocycles. The highest BCUT2D eigenvalue weighted by Gasteiger charge is 2.31. The SMILES string of the molecule is FC(F)(F)c1ccc(Cl)c(CN2CCNc3ccc(Nc4ccc(N5CCOCC5)nc4)nc32)c1. The molecule has 4 heterocycles. The average molecular weight is 505 g/mol. The molecule has 0 atom stereocenters. The summed E-state index contributed by atoms with van der Waals surface area (Å²) in [5.74, 6) is 2.15. The lowest BCUT2D eigenvalue weighted by Crippen LogP contribution is -2.36. The number of aromatic nitrogens is 2. The molecule has 3 aromatic rings. The predicted octanol–water partition coefficient (Wildman–Crippen LogP) is 5.16. The number of fused-ring (bicyclic) bond motifs is 1. The van der Waals surface area contributed by atoms with E-state index < -0.39 is 11.7 Å². The first-order valence-corrected chi connectivity index (χ1v) is 11.7. The van der Waals surface area contributed by atoms with Gasteiger partial charge in [-0.2, -0.15) is 13.2 Å². The molecule has 0 radical (unpaired) electrons. The van der Waals surface area contributed by atoms with Crippen LogP contribution in [0.25, 0.3) is 0 Å². The van der Waals surface area contributed by atoms with Crippen LogP contribution in [0.1, 0.15) is 11.1 Å². The Morgan fingerprint density at radius 3 is 2.63 bits per heavy atom. The number of hydrogen-bond acceptors (Lipinski definition) is 7. The highest BCUT2D eigenvalue weighted by molar-refractivity contribution is 6.31. The van der Waals surface area contributed by atoms with Gasteiger partial charge in [0.1, 0.15) is 11.6 Å². The molecule has 7 nitrogen and oxygen atoms in total. The van der Waals surface area contributed by atoms with Crippen molar-refractivity contribution in [2.24, 2.45) is 0 Å².